The van der Waals surface area contributed by atoms with Gasteiger partial charge in [-0.05, 0) is 23.3 Å². The molecule has 0 fully saturated rings. The molecule has 0 atom stereocenters. The molecule has 5 heteroatoms. The summed E-state index contributed by atoms with van der Waals surface area (Å²) in [6.45, 7) is 1.28. The predicted molar refractivity (Wildman–Crippen MR) is 83.2 cm³/mol. The Bertz CT molecular complexity index is 721. The van der Waals surface area contributed by atoms with Crippen molar-refractivity contribution in [2.24, 2.45) is 0 Å². The third kappa shape index (κ3) is 3.58. The number of amides is 1. The van der Waals surface area contributed by atoms with Gasteiger partial charge in [0, 0.05) is 31.7 Å². The number of nitrogens with one attached hydrogen (secondary N) is 1. The summed E-state index contributed by atoms with van der Waals surface area (Å²) in [7, 11) is 0. The third-order valence-corrected chi connectivity index (χ3v) is 3.30. The van der Waals surface area contributed by atoms with Crippen LogP contribution in [0, 0.1) is 0 Å². The topological polar surface area (TPSA) is 59.8 Å². The van der Waals surface area contributed by atoms with Crippen molar-refractivity contribution >= 4 is 5.91 Å². The van der Waals surface area contributed by atoms with Crippen LogP contribution in [0.4, 0.5) is 0 Å². The van der Waals surface area contributed by atoms with Crippen LogP contribution in [-0.4, -0.2) is 20.4 Å². The van der Waals surface area contributed by atoms with Crippen molar-refractivity contribution in [3.05, 3.63) is 84.2 Å². The van der Waals surface area contributed by atoms with Crippen molar-refractivity contribution in [3.63, 3.8) is 0 Å². The lowest BCUT2D eigenvalue weighted by Crippen LogP contribution is -2.23. The van der Waals surface area contributed by atoms with E-state index in [0.29, 0.717) is 12.2 Å². The fourth-order valence-electron chi connectivity index (χ4n) is 2.12. The van der Waals surface area contributed by atoms with Gasteiger partial charge < -0.3 is 9.88 Å². The molecule has 5 nitrogen and oxygen atoms in total. The summed E-state index contributed by atoms with van der Waals surface area (Å²) in [4.78, 5) is 20.0. The highest BCUT2D eigenvalue weighted by molar-refractivity contribution is 5.92. The van der Waals surface area contributed by atoms with Crippen molar-refractivity contribution in [1.82, 2.24) is 19.9 Å². The average Bonchev–Trinajstić information content (AvgIpc) is 3.08. The van der Waals surface area contributed by atoms with E-state index in [1.165, 1.54) is 5.56 Å². The molecule has 3 aromatic rings. The Balaban J connectivity index is 1.56. The molecule has 0 radical (unpaired) electrons. The fraction of sp³-hybridized carbons (Fsp3) is 0.118. The molecule has 0 aliphatic heterocycles. The maximum atomic E-state index is 11.9. The smallest absolute Gasteiger partial charge is 0.270 e. The average molecular weight is 292 g/mol. The molecule has 0 saturated heterocycles. The molecule has 0 spiro atoms. The molecule has 1 N–H and O–H groups in total. The van der Waals surface area contributed by atoms with Gasteiger partial charge in [0.15, 0.2) is 0 Å². The number of carbonyl (C=O) groups excluding carboxylic acids is 1. The molecule has 0 aliphatic rings. The van der Waals surface area contributed by atoms with Crippen LogP contribution in [0.5, 0.6) is 0 Å². The van der Waals surface area contributed by atoms with E-state index in [4.69, 9.17) is 0 Å². The first-order valence-electron chi connectivity index (χ1n) is 7.04. The molecule has 2 aromatic heterocycles. The molecule has 0 bridgehead atoms. The Labute approximate surface area is 128 Å². The first-order valence-corrected chi connectivity index (χ1v) is 7.04. The van der Waals surface area contributed by atoms with Crippen molar-refractivity contribution in [2.45, 2.75) is 13.1 Å². The summed E-state index contributed by atoms with van der Waals surface area (Å²) in [5.74, 6) is -0.164. The van der Waals surface area contributed by atoms with Gasteiger partial charge in [-0.1, -0.05) is 30.3 Å². The maximum Gasteiger partial charge on any atom is 0.270 e. The van der Waals surface area contributed by atoms with Gasteiger partial charge in [-0.2, -0.15) is 0 Å². The number of rotatable bonds is 5. The van der Waals surface area contributed by atoms with Gasteiger partial charge in [-0.25, -0.2) is 4.98 Å². The van der Waals surface area contributed by atoms with E-state index in [-0.39, 0.29) is 5.91 Å². The molecular weight excluding hydrogens is 276 g/mol. The standard InChI is InChI=1S/C17H16N4O/c22-17(16-3-1-2-8-19-16)20-11-14-4-6-15(7-5-14)12-21-10-9-18-13-21/h1-10,13H,11-12H2,(H,20,22). The van der Waals surface area contributed by atoms with Gasteiger partial charge in [-0.15, -0.1) is 0 Å². The summed E-state index contributed by atoms with van der Waals surface area (Å²) in [5, 5.41) is 2.86. The van der Waals surface area contributed by atoms with Crippen LogP contribution < -0.4 is 5.32 Å². The van der Waals surface area contributed by atoms with Crippen molar-refractivity contribution in [1.29, 1.82) is 0 Å². The highest BCUT2D eigenvalue weighted by Crippen LogP contribution is 2.06. The quantitative estimate of drug-likeness (QED) is 0.784. The SMILES string of the molecule is O=C(NCc1ccc(Cn2ccnc2)cc1)c1ccccn1. The highest BCUT2D eigenvalue weighted by Gasteiger charge is 2.05. The van der Waals surface area contributed by atoms with E-state index in [0.717, 1.165) is 12.1 Å². The van der Waals surface area contributed by atoms with E-state index in [9.17, 15) is 4.79 Å². The minimum atomic E-state index is -0.164. The first kappa shape index (κ1) is 14.0. The number of hydrogen-bond donors (Lipinski definition) is 1. The second-order valence-electron chi connectivity index (χ2n) is 4.95. The number of aromatic nitrogens is 3. The van der Waals surface area contributed by atoms with Gasteiger partial charge in [-0.3, -0.25) is 9.78 Å². The molecule has 1 amide bonds. The largest absolute Gasteiger partial charge is 0.347 e. The Hall–Kier alpha value is -2.95. The lowest BCUT2D eigenvalue weighted by Gasteiger charge is -2.07. The van der Waals surface area contributed by atoms with Gasteiger partial charge in [0.25, 0.3) is 5.91 Å². The van der Waals surface area contributed by atoms with Gasteiger partial charge >= 0.3 is 0 Å². The van der Waals surface area contributed by atoms with Crippen LogP contribution in [0.2, 0.25) is 0 Å². The van der Waals surface area contributed by atoms with Crippen LogP contribution in [0.15, 0.2) is 67.4 Å². The van der Waals surface area contributed by atoms with Crippen molar-refractivity contribution in [3.8, 4) is 0 Å². The summed E-state index contributed by atoms with van der Waals surface area (Å²) < 4.78 is 2.01. The minimum Gasteiger partial charge on any atom is -0.347 e. The summed E-state index contributed by atoms with van der Waals surface area (Å²) >= 11 is 0. The molecule has 22 heavy (non-hydrogen) atoms. The molecule has 0 aliphatic carbocycles. The van der Waals surface area contributed by atoms with E-state index in [1.54, 1.807) is 36.9 Å². The molecule has 0 saturated carbocycles. The minimum absolute atomic E-state index is 0.164. The Kier molecular flexibility index (Phi) is 4.25. The monoisotopic (exact) mass is 292 g/mol. The molecule has 0 unspecified atom stereocenters. The summed E-state index contributed by atoms with van der Waals surface area (Å²) in [6.07, 6.45) is 7.10. The lowest BCUT2D eigenvalue weighted by molar-refractivity contribution is 0.0946. The van der Waals surface area contributed by atoms with Crippen LogP contribution in [-0.2, 0) is 13.1 Å². The van der Waals surface area contributed by atoms with Crippen LogP contribution in [0.3, 0.4) is 0 Å². The van der Waals surface area contributed by atoms with E-state index < -0.39 is 0 Å². The van der Waals surface area contributed by atoms with Gasteiger partial charge in [0.05, 0.1) is 6.33 Å². The van der Waals surface area contributed by atoms with E-state index in [1.807, 2.05) is 22.9 Å². The molecule has 110 valence electrons. The van der Waals surface area contributed by atoms with Gasteiger partial charge in [0.1, 0.15) is 5.69 Å². The number of imidazole rings is 1. The highest BCUT2D eigenvalue weighted by atomic mass is 16.1. The summed E-state index contributed by atoms with van der Waals surface area (Å²) in [6, 6.07) is 13.4. The van der Waals surface area contributed by atoms with E-state index >= 15 is 0 Å². The zero-order chi connectivity index (χ0) is 15.2. The Morgan fingerprint density at radius 3 is 2.55 bits per heavy atom. The first-order chi connectivity index (χ1) is 10.8. The number of benzene rings is 1. The Morgan fingerprint density at radius 2 is 1.86 bits per heavy atom. The lowest BCUT2D eigenvalue weighted by atomic mass is 10.1. The zero-order valence-corrected chi connectivity index (χ0v) is 12.0. The van der Waals surface area contributed by atoms with Crippen molar-refractivity contribution < 1.29 is 4.79 Å². The zero-order valence-electron chi connectivity index (χ0n) is 12.0. The molecule has 3 rings (SSSR count). The normalized spacial score (nSPS) is 10.4. The molecule has 2 heterocycles. The van der Waals surface area contributed by atoms with Crippen LogP contribution >= 0.6 is 0 Å². The van der Waals surface area contributed by atoms with Crippen LogP contribution in [0.1, 0.15) is 21.6 Å². The number of pyridine rings is 1. The predicted octanol–water partition coefficient (Wildman–Crippen LogP) is 2.26. The van der Waals surface area contributed by atoms with Gasteiger partial charge in [0.2, 0.25) is 0 Å². The molecular formula is C17H16N4O. The third-order valence-electron chi connectivity index (χ3n) is 3.30. The second-order valence-corrected chi connectivity index (χ2v) is 4.95. The maximum absolute atomic E-state index is 11.9. The Morgan fingerprint density at radius 1 is 1.05 bits per heavy atom. The fourth-order valence-corrected chi connectivity index (χ4v) is 2.12. The second kappa shape index (κ2) is 6.67. The van der Waals surface area contributed by atoms with E-state index in [2.05, 4.69) is 27.4 Å². The number of hydrogen-bond acceptors (Lipinski definition) is 3. The summed E-state index contributed by atoms with van der Waals surface area (Å²) in [5.41, 5.74) is 2.68. The van der Waals surface area contributed by atoms with Crippen molar-refractivity contribution in [2.75, 3.05) is 0 Å². The number of nitrogens with zero attached hydrogens (tertiary/aromatic N) is 3. The van der Waals surface area contributed by atoms with Crippen LogP contribution in [0.25, 0.3) is 0 Å². The molecule has 1 aromatic carbocycles. The number of carbonyl (C=O) groups is 1.